The Bertz CT molecular complexity index is 761. The molecular weight excluding hydrogens is 318 g/mol. The van der Waals surface area contributed by atoms with Gasteiger partial charge in [-0.15, -0.1) is 0 Å². The molecule has 0 N–H and O–H groups in total. The summed E-state index contributed by atoms with van der Waals surface area (Å²) >= 11 is 0. The highest BCUT2D eigenvalue weighted by Gasteiger charge is 2.26. The van der Waals surface area contributed by atoms with Crippen molar-refractivity contribution in [2.45, 2.75) is 26.7 Å². The van der Waals surface area contributed by atoms with Crippen molar-refractivity contribution in [3.05, 3.63) is 52.9 Å². The van der Waals surface area contributed by atoms with Crippen LogP contribution in [-0.4, -0.2) is 52.9 Å². The highest BCUT2D eigenvalue weighted by Crippen LogP contribution is 2.13. The lowest BCUT2D eigenvalue weighted by atomic mass is 10.0. The van der Waals surface area contributed by atoms with Crippen molar-refractivity contribution < 1.29 is 14.1 Å². The van der Waals surface area contributed by atoms with Crippen molar-refractivity contribution in [1.29, 1.82) is 0 Å². The molecule has 132 valence electrons. The van der Waals surface area contributed by atoms with E-state index in [1.807, 2.05) is 17.0 Å². The van der Waals surface area contributed by atoms with E-state index in [0.29, 0.717) is 44.1 Å². The summed E-state index contributed by atoms with van der Waals surface area (Å²) in [6.07, 6.45) is 1.25. The minimum absolute atomic E-state index is 0.135. The molecule has 0 bridgehead atoms. The number of piperazine rings is 1. The number of carbonyl (C=O) groups is 2. The Hall–Kier alpha value is -2.63. The monoisotopic (exact) mass is 341 g/mol. The molecule has 0 aliphatic carbocycles. The predicted molar refractivity (Wildman–Crippen MR) is 93.2 cm³/mol. The van der Waals surface area contributed by atoms with Crippen LogP contribution in [0.15, 0.2) is 34.9 Å². The highest BCUT2D eigenvalue weighted by atomic mass is 16.5. The SMILES string of the molecule is Cc1cc(C(=O)N2CCN(C(=O)CCc3ccccc3C)CC2)no1. The molecule has 2 amide bonds. The van der Waals surface area contributed by atoms with Gasteiger partial charge in [0.2, 0.25) is 5.91 Å². The normalized spacial score (nSPS) is 14.6. The van der Waals surface area contributed by atoms with Crippen LogP contribution >= 0.6 is 0 Å². The molecule has 2 aromatic rings. The molecule has 1 saturated heterocycles. The van der Waals surface area contributed by atoms with E-state index >= 15 is 0 Å². The zero-order chi connectivity index (χ0) is 17.8. The lowest BCUT2D eigenvalue weighted by molar-refractivity contribution is -0.132. The van der Waals surface area contributed by atoms with Gasteiger partial charge in [0.15, 0.2) is 5.69 Å². The molecule has 1 aromatic carbocycles. The van der Waals surface area contributed by atoms with Gasteiger partial charge in [0, 0.05) is 38.7 Å². The summed E-state index contributed by atoms with van der Waals surface area (Å²) in [5.41, 5.74) is 2.76. The van der Waals surface area contributed by atoms with Crippen molar-refractivity contribution in [2.24, 2.45) is 0 Å². The van der Waals surface area contributed by atoms with E-state index in [4.69, 9.17) is 4.52 Å². The summed E-state index contributed by atoms with van der Waals surface area (Å²) in [7, 11) is 0. The number of aryl methyl sites for hydroxylation is 3. The van der Waals surface area contributed by atoms with E-state index in [0.717, 1.165) is 6.42 Å². The maximum atomic E-state index is 12.4. The van der Waals surface area contributed by atoms with Gasteiger partial charge in [-0.3, -0.25) is 9.59 Å². The van der Waals surface area contributed by atoms with Gasteiger partial charge in [-0.2, -0.15) is 0 Å². The first kappa shape index (κ1) is 17.2. The zero-order valence-electron chi connectivity index (χ0n) is 14.7. The van der Waals surface area contributed by atoms with E-state index < -0.39 is 0 Å². The summed E-state index contributed by atoms with van der Waals surface area (Å²) in [5.74, 6) is 0.630. The lowest BCUT2D eigenvalue weighted by Gasteiger charge is -2.34. The van der Waals surface area contributed by atoms with Gasteiger partial charge in [-0.05, 0) is 31.4 Å². The van der Waals surface area contributed by atoms with E-state index in [1.54, 1.807) is 17.9 Å². The van der Waals surface area contributed by atoms with Crippen LogP contribution in [0.1, 0.15) is 33.8 Å². The second-order valence-electron chi connectivity index (χ2n) is 6.42. The number of nitrogens with zero attached hydrogens (tertiary/aromatic N) is 3. The minimum atomic E-state index is -0.135. The maximum absolute atomic E-state index is 12.4. The lowest BCUT2D eigenvalue weighted by Crippen LogP contribution is -2.50. The molecule has 0 saturated carbocycles. The predicted octanol–water partition coefficient (Wildman–Crippen LogP) is 2.21. The number of amides is 2. The van der Waals surface area contributed by atoms with Crippen LogP contribution in [0.3, 0.4) is 0 Å². The molecule has 1 fully saturated rings. The van der Waals surface area contributed by atoms with E-state index in [9.17, 15) is 9.59 Å². The van der Waals surface area contributed by atoms with Crippen molar-refractivity contribution in [1.82, 2.24) is 15.0 Å². The average molecular weight is 341 g/mol. The first-order valence-electron chi connectivity index (χ1n) is 8.59. The third kappa shape index (κ3) is 4.07. The Kier molecular flexibility index (Phi) is 5.16. The zero-order valence-corrected chi connectivity index (χ0v) is 14.7. The molecule has 3 rings (SSSR count). The van der Waals surface area contributed by atoms with Crippen LogP contribution in [0.2, 0.25) is 0 Å². The summed E-state index contributed by atoms with van der Waals surface area (Å²) in [6, 6.07) is 9.78. The van der Waals surface area contributed by atoms with Crippen molar-refractivity contribution in [2.75, 3.05) is 26.2 Å². The summed E-state index contributed by atoms with van der Waals surface area (Å²) in [4.78, 5) is 28.3. The van der Waals surface area contributed by atoms with Gasteiger partial charge >= 0.3 is 0 Å². The molecule has 6 heteroatoms. The van der Waals surface area contributed by atoms with Crippen molar-refractivity contribution in [3.8, 4) is 0 Å². The van der Waals surface area contributed by atoms with E-state index in [2.05, 4.69) is 24.2 Å². The van der Waals surface area contributed by atoms with Gasteiger partial charge in [0.05, 0.1) is 0 Å². The molecule has 1 aromatic heterocycles. The Morgan fingerprint density at radius 1 is 1.08 bits per heavy atom. The Morgan fingerprint density at radius 2 is 1.76 bits per heavy atom. The van der Waals surface area contributed by atoms with Crippen LogP contribution in [0.25, 0.3) is 0 Å². The number of rotatable bonds is 4. The standard InChI is InChI=1S/C19H23N3O3/c1-14-5-3-4-6-16(14)7-8-18(23)21-9-11-22(12-10-21)19(24)17-13-15(2)25-20-17/h3-6,13H,7-12H2,1-2H3. The summed E-state index contributed by atoms with van der Waals surface area (Å²) in [6.45, 7) is 6.01. The first-order valence-corrected chi connectivity index (χ1v) is 8.59. The minimum Gasteiger partial charge on any atom is -0.361 e. The van der Waals surface area contributed by atoms with Gasteiger partial charge in [-0.25, -0.2) is 0 Å². The van der Waals surface area contributed by atoms with Gasteiger partial charge in [0.25, 0.3) is 5.91 Å². The van der Waals surface area contributed by atoms with Gasteiger partial charge < -0.3 is 14.3 Å². The van der Waals surface area contributed by atoms with Crippen LogP contribution < -0.4 is 0 Å². The van der Waals surface area contributed by atoms with Crippen LogP contribution in [-0.2, 0) is 11.2 Å². The molecule has 25 heavy (non-hydrogen) atoms. The average Bonchev–Trinajstić information content (AvgIpc) is 3.07. The number of aromatic nitrogens is 1. The van der Waals surface area contributed by atoms with Crippen molar-refractivity contribution >= 4 is 11.8 Å². The molecule has 6 nitrogen and oxygen atoms in total. The molecule has 0 atom stereocenters. The topological polar surface area (TPSA) is 66.7 Å². The largest absolute Gasteiger partial charge is 0.361 e. The molecule has 0 spiro atoms. The first-order chi connectivity index (χ1) is 12.0. The molecule has 1 aliphatic rings. The molecule has 1 aliphatic heterocycles. The van der Waals surface area contributed by atoms with E-state index in [1.165, 1.54) is 11.1 Å². The van der Waals surface area contributed by atoms with Crippen LogP contribution in [0.4, 0.5) is 0 Å². The third-order valence-electron chi connectivity index (χ3n) is 4.64. The number of hydrogen-bond acceptors (Lipinski definition) is 4. The summed E-state index contributed by atoms with van der Waals surface area (Å²) in [5, 5.41) is 3.77. The second kappa shape index (κ2) is 7.51. The fourth-order valence-corrected chi connectivity index (χ4v) is 3.08. The second-order valence-corrected chi connectivity index (χ2v) is 6.42. The Morgan fingerprint density at radius 3 is 2.40 bits per heavy atom. The molecule has 0 unspecified atom stereocenters. The fraction of sp³-hybridized carbons (Fsp3) is 0.421. The molecule has 2 heterocycles. The molecular formula is C19H23N3O3. The third-order valence-corrected chi connectivity index (χ3v) is 4.64. The van der Waals surface area contributed by atoms with Gasteiger partial charge in [0.1, 0.15) is 5.76 Å². The van der Waals surface area contributed by atoms with Crippen molar-refractivity contribution in [3.63, 3.8) is 0 Å². The number of hydrogen-bond donors (Lipinski definition) is 0. The Balaban J connectivity index is 1.49. The van der Waals surface area contributed by atoms with E-state index in [-0.39, 0.29) is 11.8 Å². The maximum Gasteiger partial charge on any atom is 0.276 e. The van der Waals surface area contributed by atoms with Gasteiger partial charge in [-0.1, -0.05) is 29.4 Å². The number of carbonyl (C=O) groups excluding carboxylic acids is 2. The number of benzene rings is 1. The fourth-order valence-electron chi connectivity index (χ4n) is 3.08. The summed E-state index contributed by atoms with van der Waals surface area (Å²) < 4.78 is 4.96. The Labute approximate surface area is 147 Å². The molecule has 0 radical (unpaired) electrons. The van der Waals surface area contributed by atoms with Crippen LogP contribution in [0.5, 0.6) is 0 Å². The smallest absolute Gasteiger partial charge is 0.276 e. The highest BCUT2D eigenvalue weighted by molar-refractivity contribution is 5.92. The van der Waals surface area contributed by atoms with Crippen LogP contribution in [0, 0.1) is 13.8 Å². The quantitative estimate of drug-likeness (QED) is 0.855.